The van der Waals surface area contributed by atoms with Gasteiger partial charge in [-0.2, -0.15) is 0 Å². The van der Waals surface area contributed by atoms with Gasteiger partial charge in [-0.1, -0.05) is 25.1 Å². The molecule has 2 saturated heterocycles. The Bertz CT molecular complexity index is 1310. The standard InChI is InChI=1S/C30H39N3O4/c1-27-8-10-29(36)14-21-25(34)26(35)22(33(2)3)15-28(21)9-11-30(29,37-28)23(27)7-6-20(27)17-4-5-18-16-32-24(31)13-19(18)12-17/h4-6,12-13,16,21-23,25-26,34-36H,7-11,14-15H2,1-3H3,(H2,31,32)/t21?,22-,23?,25+,26+,27+,28+,29?,30-/m0/s1. The van der Waals surface area contributed by atoms with Crippen LogP contribution in [0.1, 0.15) is 57.4 Å². The molecule has 7 nitrogen and oxygen atoms in total. The molecule has 37 heavy (non-hydrogen) atoms. The van der Waals surface area contributed by atoms with Gasteiger partial charge in [-0.25, -0.2) is 4.98 Å². The summed E-state index contributed by atoms with van der Waals surface area (Å²) in [7, 11) is 3.92. The molecule has 7 rings (SSSR count). The number of nitrogen functional groups attached to an aromatic ring is 1. The number of benzene rings is 1. The summed E-state index contributed by atoms with van der Waals surface area (Å²) in [4.78, 5) is 6.24. The fourth-order valence-electron chi connectivity index (χ4n) is 9.38. The van der Waals surface area contributed by atoms with Gasteiger partial charge in [0.2, 0.25) is 0 Å². The highest BCUT2D eigenvalue weighted by atomic mass is 16.6. The van der Waals surface area contributed by atoms with E-state index >= 15 is 0 Å². The van der Waals surface area contributed by atoms with Gasteiger partial charge < -0.3 is 30.7 Å². The lowest BCUT2D eigenvalue weighted by Crippen LogP contribution is -2.73. The van der Waals surface area contributed by atoms with E-state index in [-0.39, 0.29) is 23.3 Å². The molecule has 2 spiro atoms. The van der Waals surface area contributed by atoms with Crippen molar-refractivity contribution >= 4 is 22.2 Å². The Morgan fingerprint density at radius 3 is 2.62 bits per heavy atom. The van der Waals surface area contributed by atoms with Gasteiger partial charge in [-0.3, -0.25) is 0 Å². The number of anilines is 1. The van der Waals surface area contributed by atoms with Crippen molar-refractivity contribution in [2.45, 2.75) is 86.9 Å². The second-order valence-corrected chi connectivity index (χ2v) is 13.1. The Hall–Kier alpha value is -2.03. The van der Waals surface area contributed by atoms with Crippen molar-refractivity contribution in [1.29, 1.82) is 0 Å². The summed E-state index contributed by atoms with van der Waals surface area (Å²) >= 11 is 0. The molecule has 2 saturated carbocycles. The first kappa shape index (κ1) is 24.0. The molecule has 5 aliphatic rings. The predicted octanol–water partition coefficient (Wildman–Crippen LogP) is 3.12. The lowest BCUT2D eigenvalue weighted by molar-refractivity contribution is -0.331. The number of hydrogen-bond donors (Lipinski definition) is 4. The number of pyridine rings is 1. The van der Waals surface area contributed by atoms with Gasteiger partial charge in [0.15, 0.2) is 0 Å². The van der Waals surface area contributed by atoms with E-state index in [4.69, 9.17) is 10.5 Å². The van der Waals surface area contributed by atoms with Crippen LogP contribution in [0, 0.1) is 17.3 Å². The second kappa shape index (κ2) is 7.54. The highest BCUT2D eigenvalue weighted by molar-refractivity contribution is 5.88. The van der Waals surface area contributed by atoms with Crippen molar-refractivity contribution in [3.8, 4) is 0 Å². The minimum absolute atomic E-state index is 0.120. The van der Waals surface area contributed by atoms with E-state index < -0.39 is 29.0 Å². The molecule has 1 aromatic heterocycles. The van der Waals surface area contributed by atoms with Crippen molar-refractivity contribution in [1.82, 2.24) is 9.88 Å². The monoisotopic (exact) mass is 505 g/mol. The number of fused-ring (bicyclic) bond motifs is 2. The lowest BCUT2D eigenvalue weighted by atomic mass is 9.51. The van der Waals surface area contributed by atoms with Crippen LogP contribution in [0.3, 0.4) is 0 Å². The number of likely N-dealkylation sites (N-methyl/N-ethyl adjacent to an activating group) is 1. The molecule has 1 aromatic carbocycles. The quantitative estimate of drug-likeness (QED) is 0.496. The largest absolute Gasteiger partial charge is 0.390 e. The van der Waals surface area contributed by atoms with Crippen LogP contribution in [-0.4, -0.2) is 74.4 Å². The minimum atomic E-state index is -1.000. The molecule has 5 N–H and O–H groups in total. The third kappa shape index (κ3) is 2.98. The third-order valence-electron chi connectivity index (χ3n) is 11.3. The summed E-state index contributed by atoms with van der Waals surface area (Å²) < 4.78 is 7.23. The first-order valence-corrected chi connectivity index (χ1v) is 13.8. The van der Waals surface area contributed by atoms with Crippen molar-refractivity contribution in [2.75, 3.05) is 19.8 Å². The zero-order valence-electron chi connectivity index (χ0n) is 22.0. The molecule has 7 heteroatoms. The number of rotatable bonds is 2. The van der Waals surface area contributed by atoms with Crippen LogP contribution in [0.25, 0.3) is 16.3 Å². The maximum Gasteiger partial charge on any atom is 0.123 e. The van der Waals surface area contributed by atoms with Crippen LogP contribution in [0.2, 0.25) is 0 Å². The van der Waals surface area contributed by atoms with Gasteiger partial charge in [0.1, 0.15) is 11.4 Å². The normalized spacial score (nSPS) is 46.5. The van der Waals surface area contributed by atoms with Crippen LogP contribution >= 0.6 is 0 Å². The SMILES string of the molecule is CN(C)[C@H]1C[C@@]23CC[C@]4(O2)C2CC=C(c5ccc6cnc(N)cc6c5)[C@@]2(C)CCC4(O)CC3[C@@H](O)[C@@H]1O. The third-order valence-corrected chi connectivity index (χ3v) is 11.3. The molecule has 2 bridgehead atoms. The van der Waals surface area contributed by atoms with Gasteiger partial charge >= 0.3 is 0 Å². The summed E-state index contributed by atoms with van der Waals surface area (Å²) in [6, 6.07) is 8.29. The summed E-state index contributed by atoms with van der Waals surface area (Å²) in [6.07, 6.45) is 7.62. The molecule has 2 aromatic rings. The predicted molar refractivity (Wildman–Crippen MR) is 143 cm³/mol. The van der Waals surface area contributed by atoms with Gasteiger partial charge in [-0.05, 0) is 93.1 Å². The topological polar surface area (TPSA) is 112 Å². The number of nitrogens with two attached hydrogens (primary N) is 1. The number of aliphatic hydroxyl groups is 3. The van der Waals surface area contributed by atoms with E-state index in [1.165, 1.54) is 11.1 Å². The molecule has 3 heterocycles. The van der Waals surface area contributed by atoms with Crippen LogP contribution in [0.4, 0.5) is 5.82 Å². The Morgan fingerprint density at radius 1 is 1.03 bits per heavy atom. The average molecular weight is 506 g/mol. The van der Waals surface area contributed by atoms with E-state index in [1.54, 1.807) is 0 Å². The number of nitrogens with zero attached hydrogens (tertiary/aromatic N) is 2. The molecule has 0 radical (unpaired) electrons. The van der Waals surface area contributed by atoms with Crippen LogP contribution in [0.5, 0.6) is 0 Å². The molecule has 0 amide bonds. The molecule has 9 atom stereocenters. The summed E-state index contributed by atoms with van der Waals surface area (Å²) in [5.41, 5.74) is 6.25. The van der Waals surface area contributed by atoms with Crippen molar-refractivity contribution in [3.05, 3.63) is 42.1 Å². The fourth-order valence-corrected chi connectivity index (χ4v) is 9.38. The highest BCUT2D eigenvalue weighted by Crippen LogP contribution is 2.71. The van der Waals surface area contributed by atoms with Gasteiger partial charge in [0.05, 0.1) is 23.4 Å². The second-order valence-electron chi connectivity index (χ2n) is 13.1. The Kier molecular flexibility index (Phi) is 4.90. The number of aliphatic hydroxyl groups excluding tert-OH is 2. The van der Waals surface area contributed by atoms with E-state index in [2.05, 4.69) is 36.2 Å². The van der Waals surface area contributed by atoms with Crippen molar-refractivity contribution < 1.29 is 20.1 Å². The minimum Gasteiger partial charge on any atom is -0.390 e. The van der Waals surface area contributed by atoms with Crippen molar-refractivity contribution in [2.24, 2.45) is 17.3 Å². The van der Waals surface area contributed by atoms with Crippen LogP contribution < -0.4 is 5.73 Å². The molecule has 2 aliphatic heterocycles. The smallest absolute Gasteiger partial charge is 0.123 e. The molecule has 3 unspecified atom stereocenters. The van der Waals surface area contributed by atoms with E-state index in [1.807, 2.05) is 31.3 Å². The number of allylic oxidation sites excluding steroid dienone is 2. The van der Waals surface area contributed by atoms with E-state index in [9.17, 15) is 15.3 Å². The molecule has 198 valence electrons. The first-order valence-electron chi connectivity index (χ1n) is 13.8. The van der Waals surface area contributed by atoms with Gasteiger partial charge in [0, 0.05) is 29.5 Å². The van der Waals surface area contributed by atoms with E-state index in [0.29, 0.717) is 25.1 Å². The molecule has 4 fully saturated rings. The average Bonchev–Trinajstić information content (AvgIpc) is 3.39. The first-order chi connectivity index (χ1) is 17.5. The lowest BCUT2D eigenvalue weighted by Gasteiger charge is -2.65. The van der Waals surface area contributed by atoms with Crippen LogP contribution in [-0.2, 0) is 4.74 Å². The maximum atomic E-state index is 12.3. The summed E-state index contributed by atoms with van der Waals surface area (Å²) in [6.45, 7) is 2.36. The molecular weight excluding hydrogens is 466 g/mol. The Morgan fingerprint density at radius 2 is 1.84 bits per heavy atom. The van der Waals surface area contributed by atoms with Crippen LogP contribution in [0.15, 0.2) is 36.5 Å². The zero-order valence-corrected chi connectivity index (χ0v) is 22.0. The van der Waals surface area contributed by atoms with Gasteiger partial charge in [-0.15, -0.1) is 0 Å². The summed E-state index contributed by atoms with van der Waals surface area (Å²) in [5, 5.41) is 36.7. The molecular formula is C30H39N3O4. The highest BCUT2D eigenvalue weighted by Gasteiger charge is 2.76. The van der Waals surface area contributed by atoms with Gasteiger partial charge in [0.25, 0.3) is 0 Å². The Balaban J connectivity index is 1.27. The fraction of sp³-hybridized carbons (Fsp3) is 0.633. The zero-order chi connectivity index (χ0) is 26.0. The number of ether oxygens (including phenoxy) is 1. The number of aromatic nitrogens is 1. The summed E-state index contributed by atoms with van der Waals surface area (Å²) in [5.74, 6) is 0.430. The van der Waals surface area contributed by atoms with Crippen molar-refractivity contribution in [3.63, 3.8) is 0 Å². The maximum absolute atomic E-state index is 12.3. The number of hydrogen-bond acceptors (Lipinski definition) is 7. The van der Waals surface area contributed by atoms with E-state index in [0.717, 1.165) is 36.5 Å². The molecule has 3 aliphatic carbocycles. The Labute approximate surface area is 218 Å².